The van der Waals surface area contributed by atoms with Gasteiger partial charge in [0.05, 0.1) is 0 Å². The summed E-state index contributed by atoms with van der Waals surface area (Å²) < 4.78 is 0. The van der Waals surface area contributed by atoms with Crippen molar-refractivity contribution in [1.82, 2.24) is 9.97 Å². The first kappa shape index (κ1) is 12.4. The summed E-state index contributed by atoms with van der Waals surface area (Å²) in [4.78, 5) is 21.7. The maximum Gasteiger partial charge on any atom is 0.225 e. The lowest BCUT2D eigenvalue weighted by Crippen LogP contribution is -2.35. The minimum atomic E-state index is -0.00460. The molecule has 0 unspecified atom stereocenters. The molecule has 1 aliphatic rings. The molecule has 2 heterocycles. The highest BCUT2D eigenvalue weighted by molar-refractivity contribution is 7.96. The first-order valence-electron chi connectivity index (χ1n) is 5.90. The average molecular weight is 251 g/mol. The number of aryl methyl sites for hydroxylation is 1. The molecule has 0 radical (unpaired) electrons. The predicted octanol–water partition coefficient (Wildman–Crippen LogP) is 1.85. The smallest absolute Gasteiger partial charge is 0.225 e. The summed E-state index contributed by atoms with van der Waals surface area (Å²) in [6.07, 6.45) is 6.30. The van der Waals surface area contributed by atoms with E-state index in [9.17, 15) is 4.79 Å². The Hall–Kier alpha value is -1.10. The van der Waals surface area contributed by atoms with Crippen LogP contribution < -0.4 is 4.90 Å². The van der Waals surface area contributed by atoms with Crippen LogP contribution in [-0.2, 0) is 4.79 Å². The van der Waals surface area contributed by atoms with Gasteiger partial charge in [-0.1, -0.05) is 0 Å². The Morgan fingerprint density at radius 1 is 1.41 bits per heavy atom. The summed E-state index contributed by atoms with van der Waals surface area (Å²) in [5, 5.41) is -0.00460. The second-order valence-corrected chi connectivity index (χ2v) is 5.09. The highest BCUT2D eigenvalue weighted by atomic mass is 32.1. The molecule has 0 N–H and O–H groups in total. The first-order valence-corrected chi connectivity index (χ1v) is 6.35. The van der Waals surface area contributed by atoms with Crippen LogP contribution in [0.4, 0.5) is 5.95 Å². The number of aromatic nitrogens is 2. The van der Waals surface area contributed by atoms with Crippen LogP contribution >= 0.6 is 12.6 Å². The zero-order chi connectivity index (χ0) is 12.3. The third kappa shape index (κ3) is 3.43. The summed E-state index contributed by atoms with van der Waals surface area (Å²) >= 11 is 3.83. The fourth-order valence-electron chi connectivity index (χ4n) is 2.13. The van der Waals surface area contributed by atoms with Crippen molar-refractivity contribution in [1.29, 1.82) is 0 Å². The molecule has 1 saturated heterocycles. The van der Waals surface area contributed by atoms with Crippen molar-refractivity contribution < 1.29 is 4.79 Å². The van der Waals surface area contributed by atoms with Gasteiger partial charge in [-0.25, -0.2) is 9.97 Å². The van der Waals surface area contributed by atoms with Crippen LogP contribution in [-0.4, -0.2) is 28.2 Å². The SMILES string of the molecule is Cc1cnc(N2CCC(CC(=O)S)CC2)nc1. The number of thiol groups is 1. The zero-order valence-corrected chi connectivity index (χ0v) is 10.9. The van der Waals surface area contributed by atoms with Gasteiger partial charge in [-0.2, -0.15) is 0 Å². The fraction of sp³-hybridized carbons (Fsp3) is 0.583. The average Bonchev–Trinajstić information content (AvgIpc) is 2.30. The molecule has 1 aromatic rings. The van der Waals surface area contributed by atoms with Crippen LogP contribution in [0.15, 0.2) is 12.4 Å². The largest absolute Gasteiger partial charge is 0.341 e. The number of rotatable bonds is 3. The van der Waals surface area contributed by atoms with Gasteiger partial charge in [0.15, 0.2) is 5.12 Å². The molecule has 0 aromatic carbocycles. The number of hydrogen-bond donors (Lipinski definition) is 1. The van der Waals surface area contributed by atoms with E-state index in [-0.39, 0.29) is 5.12 Å². The summed E-state index contributed by atoms with van der Waals surface area (Å²) in [6.45, 7) is 3.83. The first-order chi connectivity index (χ1) is 8.15. The summed E-state index contributed by atoms with van der Waals surface area (Å²) in [7, 11) is 0. The molecule has 92 valence electrons. The standard InChI is InChI=1S/C12H17N3OS/c1-9-7-13-12(14-8-9)15-4-2-10(3-5-15)6-11(16)17/h7-8,10H,2-6H2,1H3,(H,16,17). The van der Waals surface area contributed by atoms with E-state index >= 15 is 0 Å². The topological polar surface area (TPSA) is 46.1 Å². The van der Waals surface area contributed by atoms with Gasteiger partial charge < -0.3 is 4.90 Å². The Balaban J connectivity index is 1.90. The van der Waals surface area contributed by atoms with E-state index in [0.717, 1.165) is 37.4 Å². The minimum absolute atomic E-state index is 0.00460. The van der Waals surface area contributed by atoms with Gasteiger partial charge in [-0.15, -0.1) is 12.6 Å². The number of carbonyl (C=O) groups is 1. The predicted molar refractivity (Wildman–Crippen MR) is 70.3 cm³/mol. The van der Waals surface area contributed by atoms with Gasteiger partial charge in [0.2, 0.25) is 5.95 Å². The van der Waals surface area contributed by atoms with Gasteiger partial charge in [0, 0.05) is 31.9 Å². The second kappa shape index (κ2) is 5.49. The molecule has 5 heteroatoms. The highest BCUT2D eigenvalue weighted by Gasteiger charge is 2.21. The third-order valence-corrected chi connectivity index (χ3v) is 3.31. The van der Waals surface area contributed by atoms with Crippen molar-refractivity contribution in [2.75, 3.05) is 18.0 Å². The summed E-state index contributed by atoms with van der Waals surface area (Å²) in [5.41, 5.74) is 1.07. The Morgan fingerprint density at radius 2 is 2.00 bits per heavy atom. The van der Waals surface area contributed by atoms with Crippen LogP contribution in [0.5, 0.6) is 0 Å². The monoisotopic (exact) mass is 251 g/mol. The highest BCUT2D eigenvalue weighted by Crippen LogP contribution is 2.23. The Kier molecular flexibility index (Phi) is 3.99. The Bertz CT molecular complexity index is 385. The van der Waals surface area contributed by atoms with E-state index in [1.807, 2.05) is 19.3 Å². The summed E-state index contributed by atoms with van der Waals surface area (Å²) in [5.74, 6) is 1.27. The van der Waals surface area contributed by atoms with Crippen LogP contribution in [0.25, 0.3) is 0 Å². The number of hydrogen-bond acceptors (Lipinski definition) is 4. The van der Waals surface area contributed by atoms with E-state index in [1.165, 1.54) is 0 Å². The van der Waals surface area contributed by atoms with Gasteiger partial charge >= 0.3 is 0 Å². The molecular formula is C12H17N3OS. The van der Waals surface area contributed by atoms with Crippen molar-refractivity contribution in [3.05, 3.63) is 18.0 Å². The number of piperidine rings is 1. The third-order valence-electron chi connectivity index (χ3n) is 3.13. The van der Waals surface area contributed by atoms with Crippen molar-refractivity contribution in [2.45, 2.75) is 26.2 Å². The van der Waals surface area contributed by atoms with Crippen LogP contribution in [0.1, 0.15) is 24.8 Å². The molecule has 1 fully saturated rings. The zero-order valence-electron chi connectivity index (χ0n) is 9.96. The Labute approximate surface area is 107 Å². The molecular weight excluding hydrogens is 234 g/mol. The quantitative estimate of drug-likeness (QED) is 0.833. The van der Waals surface area contributed by atoms with E-state index < -0.39 is 0 Å². The fourth-order valence-corrected chi connectivity index (χ4v) is 2.39. The maximum atomic E-state index is 10.9. The molecule has 0 bridgehead atoms. The summed E-state index contributed by atoms with van der Waals surface area (Å²) in [6, 6.07) is 0. The van der Waals surface area contributed by atoms with Crippen molar-refractivity contribution in [2.24, 2.45) is 5.92 Å². The normalized spacial score (nSPS) is 17.2. The van der Waals surface area contributed by atoms with Crippen molar-refractivity contribution >= 4 is 23.7 Å². The van der Waals surface area contributed by atoms with Crippen LogP contribution in [0, 0.1) is 12.8 Å². The molecule has 0 saturated carbocycles. The molecule has 0 spiro atoms. The number of nitrogens with zero attached hydrogens (tertiary/aromatic N) is 3. The molecule has 1 aliphatic heterocycles. The molecule has 0 amide bonds. The number of carbonyl (C=O) groups excluding carboxylic acids is 1. The molecule has 1 aromatic heterocycles. The molecule has 17 heavy (non-hydrogen) atoms. The van der Waals surface area contributed by atoms with E-state index in [4.69, 9.17) is 0 Å². The van der Waals surface area contributed by atoms with Gasteiger partial charge in [-0.05, 0) is 31.2 Å². The molecule has 2 rings (SSSR count). The minimum Gasteiger partial charge on any atom is -0.341 e. The molecule has 4 nitrogen and oxygen atoms in total. The van der Waals surface area contributed by atoms with Crippen LogP contribution in [0.3, 0.4) is 0 Å². The lowest BCUT2D eigenvalue weighted by atomic mass is 9.94. The van der Waals surface area contributed by atoms with E-state index in [2.05, 4.69) is 27.5 Å². The lowest BCUT2D eigenvalue weighted by molar-refractivity contribution is -0.111. The molecule has 0 aliphatic carbocycles. The van der Waals surface area contributed by atoms with Gasteiger partial charge in [0.1, 0.15) is 0 Å². The Morgan fingerprint density at radius 3 is 2.53 bits per heavy atom. The van der Waals surface area contributed by atoms with Crippen LogP contribution in [0.2, 0.25) is 0 Å². The maximum absolute atomic E-state index is 10.9. The number of anilines is 1. The van der Waals surface area contributed by atoms with Crippen molar-refractivity contribution in [3.63, 3.8) is 0 Å². The van der Waals surface area contributed by atoms with E-state index in [0.29, 0.717) is 12.3 Å². The van der Waals surface area contributed by atoms with Gasteiger partial charge in [-0.3, -0.25) is 4.79 Å². The second-order valence-electron chi connectivity index (χ2n) is 4.59. The molecule has 0 atom stereocenters. The van der Waals surface area contributed by atoms with Gasteiger partial charge in [0.25, 0.3) is 0 Å². The lowest BCUT2D eigenvalue weighted by Gasteiger charge is -2.31. The van der Waals surface area contributed by atoms with E-state index in [1.54, 1.807) is 0 Å². The van der Waals surface area contributed by atoms with Crippen molar-refractivity contribution in [3.8, 4) is 0 Å².